The van der Waals surface area contributed by atoms with E-state index in [4.69, 9.17) is 21.1 Å². The molecule has 1 aliphatic carbocycles. The van der Waals surface area contributed by atoms with Gasteiger partial charge in [-0.1, -0.05) is 80.1 Å². The molecule has 0 aromatic heterocycles. The third-order valence-electron chi connectivity index (χ3n) is 6.66. The second-order valence-corrected chi connectivity index (χ2v) is 10.7. The molecule has 0 N–H and O–H groups in total. The number of alkyl halides is 3. The lowest BCUT2D eigenvalue weighted by atomic mass is 9.89. The van der Waals surface area contributed by atoms with E-state index in [0.717, 1.165) is 23.8 Å². The van der Waals surface area contributed by atoms with Gasteiger partial charge in [0.1, 0.15) is 5.76 Å². The Hall–Kier alpha value is -3.03. The van der Waals surface area contributed by atoms with Crippen molar-refractivity contribution < 1.29 is 27.4 Å². The Kier molecular flexibility index (Phi) is 11.9. The number of nitrogens with zero attached hydrogens (tertiary/aromatic N) is 1. The van der Waals surface area contributed by atoms with Crippen LogP contribution in [0.1, 0.15) is 55.7 Å². The van der Waals surface area contributed by atoms with Gasteiger partial charge in [-0.25, -0.2) is 4.79 Å². The Morgan fingerprint density at radius 3 is 2.55 bits per heavy atom. The summed E-state index contributed by atoms with van der Waals surface area (Å²) in [6, 6.07) is 14.3. The number of rotatable bonds is 13. The Morgan fingerprint density at radius 1 is 1.12 bits per heavy atom. The van der Waals surface area contributed by atoms with Gasteiger partial charge in [0.15, 0.2) is 0 Å². The molecule has 1 atom stereocenters. The Balaban J connectivity index is 1.73. The smallest absolute Gasteiger partial charge is 0.417 e. The zero-order valence-corrected chi connectivity index (χ0v) is 24.0. The maximum atomic E-state index is 13.5. The maximum Gasteiger partial charge on any atom is 0.417 e. The molecule has 0 saturated carbocycles. The van der Waals surface area contributed by atoms with Crippen LogP contribution in [0, 0.1) is 5.92 Å². The van der Waals surface area contributed by atoms with Gasteiger partial charge in [-0.3, -0.25) is 4.90 Å². The molecule has 40 heavy (non-hydrogen) atoms. The maximum absolute atomic E-state index is 13.5. The highest BCUT2D eigenvalue weighted by Gasteiger charge is 2.34. The lowest BCUT2D eigenvalue weighted by Gasteiger charge is -2.30. The van der Waals surface area contributed by atoms with E-state index in [1.165, 1.54) is 24.8 Å². The van der Waals surface area contributed by atoms with E-state index in [-0.39, 0.29) is 10.9 Å². The van der Waals surface area contributed by atoms with E-state index < -0.39 is 17.7 Å². The molecule has 0 saturated heterocycles. The summed E-state index contributed by atoms with van der Waals surface area (Å²) in [6.45, 7) is 6.36. The summed E-state index contributed by atoms with van der Waals surface area (Å²) in [4.78, 5) is 13.7. The first-order valence-electron chi connectivity index (χ1n) is 13.5. The van der Waals surface area contributed by atoms with E-state index in [1.807, 2.05) is 36.4 Å². The first-order valence-corrected chi connectivity index (χ1v) is 13.8. The molecule has 8 heteroatoms. The van der Waals surface area contributed by atoms with Gasteiger partial charge in [-0.15, -0.1) is 0 Å². The van der Waals surface area contributed by atoms with Gasteiger partial charge in [0.25, 0.3) is 0 Å². The molecule has 0 amide bonds. The van der Waals surface area contributed by atoms with Crippen LogP contribution in [-0.4, -0.2) is 37.7 Å². The monoisotopic (exact) mass is 575 g/mol. The van der Waals surface area contributed by atoms with Crippen molar-refractivity contribution in [1.82, 2.24) is 4.90 Å². The van der Waals surface area contributed by atoms with Crippen LogP contribution in [-0.2, 0) is 27.0 Å². The Bertz CT molecular complexity index is 1210. The molecule has 0 bridgehead atoms. The van der Waals surface area contributed by atoms with Crippen LogP contribution in [0.25, 0.3) is 0 Å². The average molecular weight is 576 g/mol. The molecule has 4 nitrogen and oxygen atoms in total. The predicted molar refractivity (Wildman–Crippen MR) is 153 cm³/mol. The number of carbonyl (C=O) groups excluding carboxylic acids is 1. The van der Waals surface area contributed by atoms with Crippen LogP contribution >= 0.6 is 11.6 Å². The topological polar surface area (TPSA) is 38.8 Å². The minimum Gasteiger partial charge on any atom is -0.498 e. The van der Waals surface area contributed by atoms with Gasteiger partial charge >= 0.3 is 12.1 Å². The zero-order valence-electron chi connectivity index (χ0n) is 23.2. The number of hydrogen-bond acceptors (Lipinski definition) is 4. The van der Waals surface area contributed by atoms with E-state index in [1.54, 1.807) is 6.07 Å². The lowest BCUT2D eigenvalue weighted by molar-refractivity contribution is -0.137. The van der Waals surface area contributed by atoms with Crippen LogP contribution in [0.5, 0.6) is 0 Å². The quantitative estimate of drug-likeness (QED) is 0.137. The molecule has 216 valence electrons. The summed E-state index contributed by atoms with van der Waals surface area (Å²) in [5, 5.41) is -0.250. The molecular weight excluding hydrogens is 539 g/mol. The third kappa shape index (κ3) is 9.86. The van der Waals surface area contributed by atoms with E-state index in [9.17, 15) is 18.0 Å². The Labute approximate surface area is 240 Å². The zero-order chi connectivity index (χ0) is 29.1. The normalized spacial score (nSPS) is 15.4. The first kappa shape index (κ1) is 31.5. The van der Waals surface area contributed by atoms with Gasteiger partial charge in [-0.05, 0) is 53.5 Å². The number of carbonyl (C=O) groups is 1. The van der Waals surface area contributed by atoms with E-state index >= 15 is 0 Å². The second kappa shape index (κ2) is 15.1. The molecule has 0 aliphatic heterocycles. The molecule has 0 fully saturated rings. The van der Waals surface area contributed by atoms with E-state index in [2.05, 4.69) is 30.9 Å². The molecular formula is C32H37ClF3NO3. The fraction of sp³-hybridized carbons (Fsp3) is 0.406. The fourth-order valence-corrected chi connectivity index (χ4v) is 5.11. The summed E-state index contributed by atoms with van der Waals surface area (Å²) < 4.78 is 51.3. The number of esters is 1. The van der Waals surface area contributed by atoms with Crippen LogP contribution in [0.4, 0.5) is 13.2 Å². The third-order valence-corrected chi connectivity index (χ3v) is 7.11. The van der Waals surface area contributed by atoms with Gasteiger partial charge in [0.2, 0.25) is 0 Å². The summed E-state index contributed by atoms with van der Waals surface area (Å²) in [6.07, 6.45) is 4.54. The van der Waals surface area contributed by atoms with E-state index in [0.29, 0.717) is 50.6 Å². The van der Waals surface area contributed by atoms with Crippen molar-refractivity contribution in [1.29, 1.82) is 0 Å². The van der Waals surface area contributed by atoms with Crippen molar-refractivity contribution in [2.24, 2.45) is 5.92 Å². The van der Waals surface area contributed by atoms with Crippen LogP contribution in [0.2, 0.25) is 5.02 Å². The van der Waals surface area contributed by atoms with Crippen molar-refractivity contribution in [2.75, 3.05) is 26.8 Å². The van der Waals surface area contributed by atoms with Crippen molar-refractivity contribution in [2.45, 2.75) is 51.7 Å². The molecule has 1 aliphatic rings. The van der Waals surface area contributed by atoms with Crippen molar-refractivity contribution in [3.8, 4) is 0 Å². The fourth-order valence-electron chi connectivity index (χ4n) is 4.82. The van der Waals surface area contributed by atoms with Crippen LogP contribution in [0.15, 0.2) is 84.2 Å². The highest BCUT2D eigenvalue weighted by molar-refractivity contribution is 6.32. The summed E-state index contributed by atoms with van der Waals surface area (Å²) >= 11 is 6.27. The van der Waals surface area contributed by atoms with Crippen LogP contribution in [0.3, 0.4) is 0 Å². The Morgan fingerprint density at radius 2 is 1.88 bits per heavy atom. The predicted octanol–water partition coefficient (Wildman–Crippen LogP) is 8.34. The molecule has 3 rings (SSSR count). The largest absolute Gasteiger partial charge is 0.498 e. The second-order valence-electron chi connectivity index (χ2n) is 10.4. The highest BCUT2D eigenvalue weighted by Crippen LogP contribution is 2.37. The number of allylic oxidation sites excluding steroid dienone is 4. The minimum atomic E-state index is -4.51. The SMILES string of the molecule is COC(=O)/C=C1\C=CC=C(OCCCN(Cc2cccc(C(F)(F)F)c2Cl)CC(CC(C)C)c2ccccc2)C1. The number of benzene rings is 2. The molecule has 1 unspecified atom stereocenters. The summed E-state index contributed by atoms with van der Waals surface area (Å²) in [5.41, 5.74) is 1.64. The van der Waals surface area contributed by atoms with Crippen molar-refractivity contribution in [3.63, 3.8) is 0 Å². The van der Waals surface area contributed by atoms with Crippen molar-refractivity contribution >= 4 is 17.6 Å². The lowest BCUT2D eigenvalue weighted by Crippen LogP contribution is -2.31. The first-order chi connectivity index (χ1) is 19.1. The number of halogens is 4. The van der Waals surface area contributed by atoms with Gasteiger partial charge in [-0.2, -0.15) is 13.2 Å². The van der Waals surface area contributed by atoms with Gasteiger partial charge < -0.3 is 9.47 Å². The number of ether oxygens (including phenoxy) is 2. The minimum absolute atomic E-state index is 0.212. The molecule has 0 spiro atoms. The standard InChI is InChI=1S/C32H37ClF3NO3/c1-23(2)18-27(25-11-5-4-6-12-25)22-37(21-26-13-8-15-29(31(26)33)32(34,35)36)16-9-17-40-28-14-7-10-24(19-28)20-30(38)39-3/h4-8,10-15,20,23,27H,9,16-19,21-22H2,1-3H3/b24-20+. The number of hydrogen-bond donors (Lipinski definition) is 0. The average Bonchev–Trinajstić information content (AvgIpc) is 2.91. The van der Waals surface area contributed by atoms with Gasteiger partial charge in [0.05, 0.1) is 24.3 Å². The van der Waals surface area contributed by atoms with Crippen LogP contribution < -0.4 is 0 Å². The molecule has 0 heterocycles. The van der Waals surface area contributed by atoms with Gasteiger partial charge in [0, 0.05) is 32.1 Å². The molecule has 2 aromatic carbocycles. The molecule has 0 radical (unpaired) electrons. The molecule has 2 aromatic rings. The number of methoxy groups -OCH3 is 1. The van der Waals surface area contributed by atoms with Crippen molar-refractivity contribution in [3.05, 3.63) is 106 Å². The summed E-state index contributed by atoms with van der Waals surface area (Å²) in [7, 11) is 1.33. The summed E-state index contributed by atoms with van der Waals surface area (Å²) in [5.74, 6) is 0.987. The highest BCUT2D eigenvalue weighted by atomic mass is 35.5.